The van der Waals surface area contributed by atoms with Crippen LogP contribution in [0.1, 0.15) is 27.5 Å². The predicted molar refractivity (Wildman–Crippen MR) is 112 cm³/mol. The summed E-state index contributed by atoms with van der Waals surface area (Å²) in [5.41, 5.74) is 3.31. The van der Waals surface area contributed by atoms with Gasteiger partial charge in [-0.15, -0.1) is 11.3 Å². The van der Waals surface area contributed by atoms with Gasteiger partial charge in [0.1, 0.15) is 24.7 Å². The number of rotatable bonds is 9. The first kappa shape index (κ1) is 20.0. The molecule has 0 aliphatic carbocycles. The second kappa shape index (κ2) is 9.42. The Kier molecular flexibility index (Phi) is 6.71. The Hall–Kier alpha value is -2.79. The number of aliphatic carboxylic acids is 1. The van der Waals surface area contributed by atoms with Crippen LogP contribution in [0.2, 0.25) is 0 Å². The van der Waals surface area contributed by atoms with E-state index >= 15 is 0 Å². The number of hydrogen-bond donors (Lipinski definition) is 1. The van der Waals surface area contributed by atoms with Crippen molar-refractivity contribution in [2.24, 2.45) is 0 Å². The molecule has 5 heteroatoms. The maximum absolute atomic E-state index is 11.7. The predicted octanol–water partition coefficient (Wildman–Crippen LogP) is 5.23. The SMILES string of the molecule is Cc1ccc(OCCOc2ccccc2CC(C(=O)O)c2cccs2)cc1C. The minimum Gasteiger partial charge on any atom is -0.490 e. The van der Waals surface area contributed by atoms with Gasteiger partial charge in [-0.05, 0) is 66.6 Å². The van der Waals surface area contributed by atoms with E-state index in [9.17, 15) is 9.90 Å². The Morgan fingerprint density at radius 2 is 1.79 bits per heavy atom. The number of hydrogen-bond acceptors (Lipinski definition) is 4. The van der Waals surface area contributed by atoms with E-state index in [1.54, 1.807) is 0 Å². The number of carboxylic acid groups (broad SMARTS) is 1. The van der Waals surface area contributed by atoms with E-state index in [2.05, 4.69) is 13.8 Å². The topological polar surface area (TPSA) is 55.8 Å². The Bertz CT molecular complexity index is 918. The highest BCUT2D eigenvalue weighted by molar-refractivity contribution is 7.10. The molecule has 3 rings (SSSR count). The minimum absolute atomic E-state index is 0.390. The lowest BCUT2D eigenvalue weighted by Gasteiger charge is -2.15. The van der Waals surface area contributed by atoms with E-state index in [4.69, 9.17) is 9.47 Å². The van der Waals surface area contributed by atoms with Crippen molar-refractivity contribution < 1.29 is 19.4 Å². The number of benzene rings is 2. The van der Waals surface area contributed by atoms with Crippen LogP contribution in [0.15, 0.2) is 60.0 Å². The van der Waals surface area contributed by atoms with E-state index in [0.717, 1.165) is 16.2 Å². The number of aryl methyl sites for hydroxylation is 2. The molecule has 4 nitrogen and oxygen atoms in total. The average molecular weight is 397 g/mol. The van der Waals surface area contributed by atoms with Gasteiger partial charge in [0.2, 0.25) is 0 Å². The molecular weight excluding hydrogens is 372 g/mol. The van der Waals surface area contributed by atoms with Crippen LogP contribution in [-0.2, 0) is 11.2 Å². The second-order valence-electron chi connectivity index (χ2n) is 6.66. The molecule has 0 fully saturated rings. The summed E-state index contributed by atoms with van der Waals surface area (Å²) >= 11 is 1.46. The van der Waals surface area contributed by atoms with E-state index in [1.165, 1.54) is 22.5 Å². The van der Waals surface area contributed by atoms with Gasteiger partial charge in [0.05, 0.1) is 5.92 Å². The zero-order valence-electron chi connectivity index (χ0n) is 16.1. The lowest BCUT2D eigenvalue weighted by molar-refractivity contribution is -0.138. The molecule has 0 saturated heterocycles. The van der Waals surface area contributed by atoms with Gasteiger partial charge >= 0.3 is 5.97 Å². The Balaban J connectivity index is 1.60. The van der Waals surface area contributed by atoms with Crippen LogP contribution < -0.4 is 9.47 Å². The zero-order chi connectivity index (χ0) is 19.9. The molecule has 0 amide bonds. The number of carbonyl (C=O) groups is 1. The van der Waals surface area contributed by atoms with Crippen molar-refractivity contribution in [2.75, 3.05) is 13.2 Å². The summed E-state index contributed by atoms with van der Waals surface area (Å²) in [6, 6.07) is 17.3. The first-order valence-corrected chi connectivity index (χ1v) is 10.1. The van der Waals surface area contributed by atoms with E-state index < -0.39 is 11.9 Å². The normalized spacial score (nSPS) is 11.8. The fraction of sp³-hybridized carbons (Fsp3) is 0.261. The third-order valence-corrected chi connectivity index (χ3v) is 5.66. The van der Waals surface area contributed by atoms with Crippen LogP contribution >= 0.6 is 11.3 Å². The van der Waals surface area contributed by atoms with Crippen molar-refractivity contribution in [3.05, 3.63) is 81.5 Å². The molecule has 146 valence electrons. The number of carboxylic acids is 1. The van der Waals surface area contributed by atoms with Crippen molar-refractivity contribution in [1.82, 2.24) is 0 Å². The third-order valence-electron chi connectivity index (χ3n) is 4.67. The molecule has 1 heterocycles. The largest absolute Gasteiger partial charge is 0.490 e. The van der Waals surface area contributed by atoms with Gasteiger partial charge in [0, 0.05) is 4.88 Å². The summed E-state index contributed by atoms with van der Waals surface area (Å²) in [7, 11) is 0. The average Bonchev–Trinajstić information content (AvgIpc) is 3.21. The minimum atomic E-state index is -0.824. The lowest BCUT2D eigenvalue weighted by atomic mass is 9.97. The van der Waals surface area contributed by atoms with Crippen molar-refractivity contribution in [3.63, 3.8) is 0 Å². The van der Waals surface area contributed by atoms with Crippen molar-refractivity contribution in [1.29, 1.82) is 0 Å². The van der Waals surface area contributed by atoms with Crippen LogP contribution in [0.5, 0.6) is 11.5 Å². The smallest absolute Gasteiger partial charge is 0.312 e. The van der Waals surface area contributed by atoms with Crippen LogP contribution in [0.25, 0.3) is 0 Å². The van der Waals surface area contributed by atoms with E-state index in [0.29, 0.717) is 25.4 Å². The number of para-hydroxylation sites is 1. The molecule has 3 aromatic rings. The van der Waals surface area contributed by atoms with Crippen LogP contribution in [0, 0.1) is 13.8 Å². The zero-order valence-corrected chi connectivity index (χ0v) is 16.9. The van der Waals surface area contributed by atoms with Crippen LogP contribution in [-0.4, -0.2) is 24.3 Å². The summed E-state index contributed by atoms with van der Waals surface area (Å²) < 4.78 is 11.7. The molecule has 0 aliphatic rings. The quantitative estimate of drug-likeness (QED) is 0.503. The van der Waals surface area contributed by atoms with Gasteiger partial charge in [-0.3, -0.25) is 4.79 Å². The van der Waals surface area contributed by atoms with Crippen molar-refractivity contribution >= 4 is 17.3 Å². The van der Waals surface area contributed by atoms with Crippen molar-refractivity contribution in [3.8, 4) is 11.5 Å². The Morgan fingerprint density at radius 3 is 2.50 bits per heavy atom. The van der Waals surface area contributed by atoms with Gasteiger partial charge in [0.15, 0.2) is 0 Å². The molecule has 28 heavy (non-hydrogen) atoms. The molecule has 1 aromatic heterocycles. The summed E-state index contributed by atoms with van der Waals surface area (Å²) in [5, 5.41) is 11.5. The molecule has 0 saturated carbocycles. The third kappa shape index (κ3) is 5.14. The van der Waals surface area contributed by atoms with Gasteiger partial charge in [-0.2, -0.15) is 0 Å². The summed E-state index contributed by atoms with van der Waals surface area (Å²) in [6.45, 7) is 4.94. The monoisotopic (exact) mass is 396 g/mol. The van der Waals surface area contributed by atoms with Gasteiger partial charge in [0.25, 0.3) is 0 Å². The molecule has 1 unspecified atom stereocenters. The van der Waals surface area contributed by atoms with Crippen LogP contribution in [0.3, 0.4) is 0 Å². The van der Waals surface area contributed by atoms with Gasteiger partial charge in [-0.25, -0.2) is 0 Å². The fourth-order valence-corrected chi connectivity index (χ4v) is 3.77. The summed E-state index contributed by atoms with van der Waals surface area (Å²) in [5.74, 6) is 0.129. The molecule has 0 bridgehead atoms. The maximum atomic E-state index is 11.7. The van der Waals surface area contributed by atoms with Gasteiger partial charge < -0.3 is 14.6 Å². The standard InChI is InChI=1S/C23H24O4S/c1-16-9-10-19(14-17(16)2)26-11-12-27-21-7-4-3-6-18(21)15-20(23(24)25)22-8-5-13-28-22/h3-10,13-14,20H,11-12,15H2,1-2H3,(H,24,25). The molecule has 0 aliphatic heterocycles. The molecule has 1 N–H and O–H groups in total. The molecule has 2 aromatic carbocycles. The summed E-state index contributed by atoms with van der Waals surface area (Å²) in [4.78, 5) is 12.6. The first-order chi connectivity index (χ1) is 13.5. The first-order valence-electron chi connectivity index (χ1n) is 9.21. The molecule has 0 radical (unpaired) electrons. The lowest BCUT2D eigenvalue weighted by Crippen LogP contribution is -2.15. The number of ether oxygens (including phenoxy) is 2. The highest BCUT2D eigenvalue weighted by Crippen LogP contribution is 2.29. The molecular formula is C23H24O4S. The summed E-state index contributed by atoms with van der Waals surface area (Å²) in [6.07, 6.45) is 0.393. The molecule has 1 atom stereocenters. The van der Waals surface area contributed by atoms with Crippen molar-refractivity contribution in [2.45, 2.75) is 26.2 Å². The second-order valence-corrected chi connectivity index (χ2v) is 7.64. The maximum Gasteiger partial charge on any atom is 0.312 e. The number of thiophene rings is 1. The van der Waals surface area contributed by atoms with Gasteiger partial charge in [-0.1, -0.05) is 30.3 Å². The van der Waals surface area contributed by atoms with E-state index in [-0.39, 0.29) is 0 Å². The molecule has 0 spiro atoms. The Labute approximate surface area is 169 Å². The van der Waals surface area contributed by atoms with Crippen LogP contribution in [0.4, 0.5) is 0 Å². The fourth-order valence-electron chi connectivity index (χ4n) is 2.95. The highest BCUT2D eigenvalue weighted by Gasteiger charge is 2.22. The Morgan fingerprint density at radius 1 is 1.00 bits per heavy atom. The van der Waals surface area contributed by atoms with E-state index in [1.807, 2.05) is 60.0 Å². The highest BCUT2D eigenvalue weighted by atomic mass is 32.1.